The molecule has 1 aromatic carbocycles. The van der Waals surface area contributed by atoms with Crippen LogP contribution in [0.5, 0.6) is 0 Å². The summed E-state index contributed by atoms with van der Waals surface area (Å²) in [5, 5.41) is 7.73. The molecular weight excluding hydrogens is 336 g/mol. The number of amides is 1. The molecule has 1 amide bonds. The molecule has 2 unspecified atom stereocenters. The Balaban J connectivity index is 1.42. The van der Waals surface area contributed by atoms with Crippen molar-refractivity contribution in [1.82, 2.24) is 20.0 Å². The van der Waals surface area contributed by atoms with Crippen LogP contribution < -0.4 is 5.32 Å². The monoisotopic (exact) mass is 366 g/mol. The van der Waals surface area contributed by atoms with Crippen molar-refractivity contribution in [2.75, 3.05) is 19.6 Å². The number of nitrogens with one attached hydrogen (secondary N) is 1. The average molecular weight is 367 g/mol. The first kappa shape index (κ1) is 18.2. The average Bonchev–Trinajstić information content (AvgIpc) is 3.04. The highest BCUT2D eigenvalue weighted by Gasteiger charge is 2.32. The van der Waals surface area contributed by atoms with Crippen LogP contribution in [-0.4, -0.2) is 46.3 Å². The zero-order chi connectivity index (χ0) is 18.8. The van der Waals surface area contributed by atoms with Gasteiger partial charge in [0.25, 0.3) is 5.91 Å². The highest BCUT2D eigenvalue weighted by atomic mass is 16.1. The van der Waals surface area contributed by atoms with Crippen molar-refractivity contribution in [3.63, 3.8) is 0 Å². The number of benzene rings is 1. The number of hydrogen-bond donors (Lipinski definition) is 1. The van der Waals surface area contributed by atoms with Gasteiger partial charge in [-0.05, 0) is 82.8 Å². The van der Waals surface area contributed by atoms with E-state index in [9.17, 15) is 4.79 Å². The summed E-state index contributed by atoms with van der Waals surface area (Å²) in [5.41, 5.74) is 3.70. The lowest BCUT2D eigenvalue weighted by Crippen LogP contribution is -2.51. The fraction of sp³-hybridized carbons (Fsp3) is 0.545. The number of rotatable bonds is 4. The summed E-state index contributed by atoms with van der Waals surface area (Å²) < 4.78 is 1.90. The quantitative estimate of drug-likeness (QED) is 0.901. The third-order valence-corrected chi connectivity index (χ3v) is 6.12. The third kappa shape index (κ3) is 3.93. The second-order valence-corrected chi connectivity index (χ2v) is 8.10. The van der Waals surface area contributed by atoms with Crippen LogP contribution in [0, 0.1) is 19.8 Å². The second-order valence-electron chi connectivity index (χ2n) is 8.10. The van der Waals surface area contributed by atoms with E-state index in [-0.39, 0.29) is 5.91 Å². The first-order chi connectivity index (χ1) is 13.1. The normalized spacial score (nSPS) is 23.0. The lowest BCUT2D eigenvalue weighted by Gasteiger charge is -2.44. The largest absolute Gasteiger partial charge is 0.352 e. The minimum absolute atomic E-state index is 0.0197. The van der Waals surface area contributed by atoms with Crippen LogP contribution in [0.4, 0.5) is 0 Å². The maximum absolute atomic E-state index is 12.8. The van der Waals surface area contributed by atoms with Crippen molar-refractivity contribution >= 4 is 5.91 Å². The van der Waals surface area contributed by atoms with Gasteiger partial charge in [0.05, 0.1) is 11.4 Å². The summed E-state index contributed by atoms with van der Waals surface area (Å²) in [4.78, 5) is 15.4. The molecule has 4 rings (SSSR count). The summed E-state index contributed by atoms with van der Waals surface area (Å²) in [6.45, 7) is 7.27. The zero-order valence-corrected chi connectivity index (χ0v) is 16.4. The van der Waals surface area contributed by atoms with Gasteiger partial charge in [0.1, 0.15) is 0 Å². The Morgan fingerprint density at radius 2 is 2.00 bits per heavy atom. The minimum atomic E-state index is 0.0197. The first-order valence-corrected chi connectivity index (χ1v) is 10.3. The lowest BCUT2D eigenvalue weighted by atomic mass is 9.83. The van der Waals surface area contributed by atoms with Gasteiger partial charge in [0.15, 0.2) is 0 Å². The van der Waals surface area contributed by atoms with Gasteiger partial charge in [-0.25, -0.2) is 4.68 Å². The topological polar surface area (TPSA) is 50.2 Å². The van der Waals surface area contributed by atoms with Crippen LogP contribution in [0.15, 0.2) is 30.3 Å². The van der Waals surface area contributed by atoms with E-state index in [1.165, 1.54) is 45.2 Å². The molecule has 144 valence electrons. The zero-order valence-electron chi connectivity index (χ0n) is 16.4. The Hall–Kier alpha value is -2.14. The number of aromatic nitrogens is 2. The summed E-state index contributed by atoms with van der Waals surface area (Å²) >= 11 is 0. The van der Waals surface area contributed by atoms with Crippen molar-refractivity contribution in [2.45, 2.75) is 52.0 Å². The van der Waals surface area contributed by atoms with E-state index < -0.39 is 0 Å². The highest BCUT2D eigenvalue weighted by Crippen LogP contribution is 2.30. The molecule has 2 atom stereocenters. The molecule has 0 saturated carbocycles. The van der Waals surface area contributed by atoms with Gasteiger partial charge in [-0.3, -0.25) is 4.79 Å². The number of hydrogen-bond acceptors (Lipinski definition) is 3. The van der Waals surface area contributed by atoms with E-state index in [0.29, 0.717) is 17.5 Å². The van der Waals surface area contributed by atoms with Crippen LogP contribution in [0.3, 0.4) is 0 Å². The van der Waals surface area contributed by atoms with Crippen LogP contribution in [0.2, 0.25) is 0 Å². The van der Waals surface area contributed by atoms with Crippen molar-refractivity contribution in [2.24, 2.45) is 5.92 Å². The lowest BCUT2D eigenvalue weighted by molar-refractivity contribution is 0.0575. The van der Waals surface area contributed by atoms with Gasteiger partial charge >= 0.3 is 0 Å². The summed E-state index contributed by atoms with van der Waals surface area (Å²) in [5.74, 6) is 0.605. The van der Waals surface area contributed by atoms with Gasteiger partial charge in [0, 0.05) is 23.8 Å². The minimum Gasteiger partial charge on any atom is -0.352 e. The van der Waals surface area contributed by atoms with Gasteiger partial charge < -0.3 is 10.2 Å². The SMILES string of the molecule is Cc1cc(C)n(-c2cccc(C(=O)NCC3CCCN4CCCCC34)c2)n1. The number of carbonyl (C=O) groups is 1. The van der Waals surface area contributed by atoms with E-state index in [1.807, 2.05) is 48.9 Å². The molecule has 5 nitrogen and oxygen atoms in total. The maximum Gasteiger partial charge on any atom is 0.251 e. The molecule has 0 aliphatic carbocycles. The van der Waals surface area contributed by atoms with Crippen molar-refractivity contribution < 1.29 is 4.79 Å². The Labute approximate surface area is 161 Å². The molecule has 1 N–H and O–H groups in total. The predicted molar refractivity (Wildman–Crippen MR) is 107 cm³/mol. The molecule has 2 aliphatic heterocycles. The van der Waals surface area contributed by atoms with Crippen LogP contribution in [0.1, 0.15) is 53.8 Å². The summed E-state index contributed by atoms with van der Waals surface area (Å²) in [7, 11) is 0. The standard InChI is InChI=1S/C22H30N4O/c1-16-13-17(2)26(24-16)20-9-5-7-18(14-20)22(27)23-15-19-8-6-12-25-11-4-3-10-21(19)25/h5,7,9,13-14,19,21H,3-4,6,8,10-12,15H2,1-2H3,(H,23,27). The Morgan fingerprint density at radius 1 is 1.15 bits per heavy atom. The van der Waals surface area contributed by atoms with Crippen LogP contribution in [0.25, 0.3) is 5.69 Å². The molecule has 1 aromatic heterocycles. The Morgan fingerprint density at radius 3 is 2.81 bits per heavy atom. The van der Waals surface area contributed by atoms with Gasteiger partial charge in [0.2, 0.25) is 0 Å². The van der Waals surface area contributed by atoms with E-state index in [2.05, 4.69) is 15.3 Å². The van der Waals surface area contributed by atoms with Gasteiger partial charge in [-0.2, -0.15) is 5.10 Å². The second kappa shape index (κ2) is 7.85. The number of fused-ring (bicyclic) bond motifs is 1. The molecule has 0 radical (unpaired) electrons. The highest BCUT2D eigenvalue weighted by molar-refractivity contribution is 5.94. The number of carbonyl (C=O) groups excluding carboxylic acids is 1. The molecule has 2 aromatic rings. The Bertz CT molecular complexity index is 810. The molecule has 3 heterocycles. The predicted octanol–water partition coefficient (Wildman–Crippen LogP) is 3.48. The summed E-state index contributed by atoms with van der Waals surface area (Å²) in [6, 6.07) is 10.5. The third-order valence-electron chi connectivity index (χ3n) is 6.12. The molecule has 2 aliphatic rings. The first-order valence-electron chi connectivity index (χ1n) is 10.3. The van der Waals surface area contributed by atoms with E-state index in [4.69, 9.17) is 0 Å². The van der Waals surface area contributed by atoms with Crippen molar-refractivity contribution in [3.05, 3.63) is 47.3 Å². The van der Waals surface area contributed by atoms with Crippen LogP contribution >= 0.6 is 0 Å². The van der Waals surface area contributed by atoms with E-state index in [1.54, 1.807) is 0 Å². The van der Waals surface area contributed by atoms with Gasteiger partial charge in [-0.1, -0.05) is 12.5 Å². The molecule has 27 heavy (non-hydrogen) atoms. The van der Waals surface area contributed by atoms with Crippen molar-refractivity contribution in [1.29, 1.82) is 0 Å². The van der Waals surface area contributed by atoms with E-state index >= 15 is 0 Å². The van der Waals surface area contributed by atoms with Crippen molar-refractivity contribution in [3.8, 4) is 5.69 Å². The molecule has 0 spiro atoms. The van der Waals surface area contributed by atoms with E-state index in [0.717, 1.165) is 23.6 Å². The number of aryl methyl sites for hydroxylation is 2. The molecule has 5 heteroatoms. The maximum atomic E-state index is 12.8. The smallest absolute Gasteiger partial charge is 0.251 e. The number of nitrogens with zero attached hydrogens (tertiary/aromatic N) is 3. The summed E-state index contributed by atoms with van der Waals surface area (Å²) in [6.07, 6.45) is 6.43. The van der Waals surface area contributed by atoms with Crippen LogP contribution in [-0.2, 0) is 0 Å². The Kier molecular flexibility index (Phi) is 5.30. The molecular formula is C22H30N4O. The molecule has 0 bridgehead atoms. The number of piperidine rings is 2. The van der Waals surface area contributed by atoms with Gasteiger partial charge in [-0.15, -0.1) is 0 Å². The fourth-order valence-corrected chi connectivity index (χ4v) is 4.81. The molecule has 2 fully saturated rings. The fourth-order valence-electron chi connectivity index (χ4n) is 4.81. The molecule has 2 saturated heterocycles.